The molecule has 0 saturated carbocycles. The monoisotopic (exact) mass is 431 g/mol. The predicted molar refractivity (Wildman–Crippen MR) is 127 cm³/mol. The summed E-state index contributed by atoms with van der Waals surface area (Å²) in [6.07, 6.45) is 0. The van der Waals surface area contributed by atoms with Crippen molar-refractivity contribution in [3.05, 3.63) is 88.0 Å². The number of ether oxygens (including phenoxy) is 2. The molecule has 0 radical (unpaired) electrons. The van der Waals surface area contributed by atoms with E-state index in [-0.39, 0.29) is 18.3 Å². The lowest BCUT2D eigenvalue weighted by molar-refractivity contribution is 0.101. The van der Waals surface area contributed by atoms with Crippen LogP contribution >= 0.6 is 0 Å². The van der Waals surface area contributed by atoms with Crippen LogP contribution in [0, 0.1) is 20.8 Å². The Balaban J connectivity index is 1.83. The molecule has 0 aliphatic rings. The Bertz CT molecular complexity index is 1150. The quantitative estimate of drug-likeness (QED) is 0.441. The van der Waals surface area contributed by atoms with E-state index in [1.807, 2.05) is 26.8 Å². The normalized spacial score (nSPS) is 10.5. The molecule has 0 saturated heterocycles. The Morgan fingerprint density at radius 3 is 2.38 bits per heavy atom. The first-order chi connectivity index (χ1) is 15.3. The molecule has 5 heteroatoms. The number of anilines is 1. The fourth-order valence-corrected chi connectivity index (χ4v) is 3.46. The zero-order valence-corrected chi connectivity index (χ0v) is 19.2. The maximum absolute atomic E-state index is 12.9. The third-order valence-corrected chi connectivity index (χ3v) is 5.30. The van der Waals surface area contributed by atoms with Gasteiger partial charge in [0.15, 0.2) is 5.78 Å². The topological polar surface area (TPSA) is 64.6 Å². The lowest BCUT2D eigenvalue weighted by Gasteiger charge is -2.16. The zero-order valence-electron chi connectivity index (χ0n) is 19.2. The summed E-state index contributed by atoms with van der Waals surface area (Å²) in [6, 6.07) is 16.3. The molecule has 1 N–H and O–H groups in total. The van der Waals surface area contributed by atoms with Crippen LogP contribution in [0.5, 0.6) is 11.5 Å². The van der Waals surface area contributed by atoms with E-state index < -0.39 is 0 Å². The Labute approximate surface area is 189 Å². The van der Waals surface area contributed by atoms with Gasteiger partial charge in [0.2, 0.25) is 0 Å². The van der Waals surface area contributed by atoms with Gasteiger partial charge >= 0.3 is 0 Å². The molecule has 0 aliphatic carbocycles. The minimum absolute atomic E-state index is 0.0525. The van der Waals surface area contributed by atoms with Crippen LogP contribution in [0.25, 0.3) is 0 Å². The average molecular weight is 432 g/mol. The molecule has 3 rings (SSSR count). The first kappa shape index (κ1) is 23.1. The third kappa shape index (κ3) is 5.55. The van der Waals surface area contributed by atoms with Crippen molar-refractivity contribution in [3.8, 4) is 11.5 Å². The molecule has 1 amide bonds. The molecule has 0 heterocycles. The molecule has 3 aromatic rings. The minimum atomic E-state index is -0.266. The van der Waals surface area contributed by atoms with Crippen LogP contribution in [0.15, 0.2) is 54.6 Å². The summed E-state index contributed by atoms with van der Waals surface area (Å²) in [5.41, 5.74) is 5.79. The third-order valence-electron chi connectivity index (χ3n) is 5.30. The molecular formula is C27H29NO4. The van der Waals surface area contributed by atoms with Gasteiger partial charge in [-0.1, -0.05) is 18.2 Å². The minimum Gasteiger partial charge on any atom is -0.493 e. The maximum Gasteiger partial charge on any atom is 0.255 e. The molecule has 3 aromatic carbocycles. The largest absolute Gasteiger partial charge is 0.493 e. The first-order valence-corrected chi connectivity index (χ1v) is 10.7. The molecule has 0 unspecified atom stereocenters. The van der Waals surface area contributed by atoms with E-state index >= 15 is 0 Å². The summed E-state index contributed by atoms with van der Waals surface area (Å²) in [7, 11) is 0. The van der Waals surface area contributed by atoms with Crippen molar-refractivity contribution in [3.63, 3.8) is 0 Å². The second-order valence-corrected chi connectivity index (χ2v) is 7.84. The molecule has 32 heavy (non-hydrogen) atoms. The van der Waals surface area contributed by atoms with Gasteiger partial charge in [0, 0.05) is 22.4 Å². The highest BCUT2D eigenvalue weighted by Crippen LogP contribution is 2.27. The number of carbonyl (C=O) groups is 2. The Kier molecular flexibility index (Phi) is 7.31. The number of amides is 1. The van der Waals surface area contributed by atoms with E-state index in [4.69, 9.17) is 9.47 Å². The summed E-state index contributed by atoms with van der Waals surface area (Å²) in [5.74, 6) is 1.19. The number of ketones is 1. The second-order valence-electron chi connectivity index (χ2n) is 7.84. The van der Waals surface area contributed by atoms with Crippen molar-refractivity contribution < 1.29 is 19.1 Å². The van der Waals surface area contributed by atoms with Crippen molar-refractivity contribution in [2.45, 2.75) is 41.2 Å². The summed E-state index contributed by atoms with van der Waals surface area (Å²) in [5, 5.41) is 2.86. The average Bonchev–Trinajstić information content (AvgIpc) is 2.76. The maximum atomic E-state index is 12.9. The Morgan fingerprint density at radius 1 is 0.875 bits per heavy atom. The highest BCUT2D eigenvalue weighted by molar-refractivity contribution is 6.05. The molecule has 0 spiro atoms. The molecule has 0 aliphatic heterocycles. The van der Waals surface area contributed by atoms with Crippen LogP contribution < -0.4 is 14.8 Å². The van der Waals surface area contributed by atoms with Crippen molar-refractivity contribution in [1.29, 1.82) is 0 Å². The number of benzene rings is 3. The van der Waals surface area contributed by atoms with Gasteiger partial charge in [0.25, 0.3) is 5.91 Å². The molecule has 0 fully saturated rings. The van der Waals surface area contributed by atoms with Crippen LogP contribution in [-0.2, 0) is 6.61 Å². The summed E-state index contributed by atoms with van der Waals surface area (Å²) < 4.78 is 11.9. The van der Waals surface area contributed by atoms with Crippen LogP contribution in [0.2, 0.25) is 0 Å². The van der Waals surface area contributed by atoms with Crippen molar-refractivity contribution in [1.82, 2.24) is 0 Å². The van der Waals surface area contributed by atoms with Gasteiger partial charge in [-0.25, -0.2) is 0 Å². The fraction of sp³-hybridized carbons (Fsp3) is 0.259. The smallest absolute Gasteiger partial charge is 0.255 e. The summed E-state index contributed by atoms with van der Waals surface area (Å²) >= 11 is 0. The Hall–Kier alpha value is -3.60. The van der Waals surface area contributed by atoms with E-state index in [0.717, 1.165) is 22.4 Å². The number of hydrogen-bond acceptors (Lipinski definition) is 4. The van der Waals surface area contributed by atoms with Gasteiger partial charge in [0.1, 0.15) is 18.1 Å². The van der Waals surface area contributed by atoms with Gasteiger partial charge in [-0.2, -0.15) is 0 Å². The molecule has 0 aromatic heterocycles. The predicted octanol–water partition coefficient (Wildman–Crippen LogP) is 6.04. The van der Waals surface area contributed by atoms with E-state index in [1.54, 1.807) is 42.5 Å². The van der Waals surface area contributed by atoms with Gasteiger partial charge in [-0.05, 0) is 87.7 Å². The van der Waals surface area contributed by atoms with Crippen LogP contribution in [0.1, 0.15) is 56.8 Å². The van der Waals surface area contributed by atoms with Crippen LogP contribution in [-0.4, -0.2) is 18.3 Å². The number of nitrogens with one attached hydrogen (secondary N) is 1. The summed E-state index contributed by atoms with van der Waals surface area (Å²) in [4.78, 5) is 24.5. The lowest BCUT2D eigenvalue weighted by atomic mass is 10.1. The van der Waals surface area contributed by atoms with Gasteiger partial charge in [-0.15, -0.1) is 0 Å². The number of Topliss-reactive ketones (excluding diaryl/α,β-unsaturated/α-hetero) is 1. The summed E-state index contributed by atoms with van der Waals surface area (Å²) in [6.45, 7) is 10.3. The highest BCUT2D eigenvalue weighted by atomic mass is 16.5. The SMILES string of the molecule is CCOc1ccc(C(=O)Nc2cccc(C(C)=O)c2)cc1COc1cc(C)cc(C)c1C. The standard InChI is InChI=1S/C27H29NO4/c1-6-31-25-11-10-22(27(30)28-24-9-7-8-21(15-24)20(5)29)14-23(25)16-32-26-13-17(2)12-18(3)19(26)4/h7-15H,6,16H2,1-5H3,(H,28,30). The van der Waals surface area contributed by atoms with E-state index in [0.29, 0.717) is 29.2 Å². The lowest BCUT2D eigenvalue weighted by Crippen LogP contribution is -2.13. The highest BCUT2D eigenvalue weighted by Gasteiger charge is 2.13. The number of hydrogen-bond donors (Lipinski definition) is 1. The van der Waals surface area contributed by atoms with Crippen LogP contribution in [0.4, 0.5) is 5.69 Å². The van der Waals surface area contributed by atoms with E-state index in [2.05, 4.69) is 18.3 Å². The molecular weight excluding hydrogens is 402 g/mol. The fourth-order valence-electron chi connectivity index (χ4n) is 3.46. The number of carbonyl (C=O) groups excluding carboxylic acids is 2. The zero-order chi connectivity index (χ0) is 23.3. The van der Waals surface area contributed by atoms with E-state index in [1.165, 1.54) is 12.5 Å². The first-order valence-electron chi connectivity index (χ1n) is 10.7. The van der Waals surface area contributed by atoms with E-state index in [9.17, 15) is 9.59 Å². The molecule has 0 bridgehead atoms. The van der Waals surface area contributed by atoms with Crippen molar-refractivity contribution in [2.75, 3.05) is 11.9 Å². The second kappa shape index (κ2) is 10.1. The van der Waals surface area contributed by atoms with Crippen molar-refractivity contribution in [2.24, 2.45) is 0 Å². The molecule has 0 atom stereocenters. The number of rotatable bonds is 8. The Morgan fingerprint density at radius 2 is 1.66 bits per heavy atom. The number of aryl methyl sites for hydroxylation is 2. The van der Waals surface area contributed by atoms with Gasteiger partial charge < -0.3 is 14.8 Å². The van der Waals surface area contributed by atoms with Gasteiger partial charge in [0.05, 0.1) is 6.61 Å². The molecule has 166 valence electrons. The molecule has 5 nitrogen and oxygen atoms in total. The van der Waals surface area contributed by atoms with Crippen molar-refractivity contribution >= 4 is 17.4 Å². The van der Waals surface area contributed by atoms with Crippen LogP contribution in [0.3, 0.4) is 0 Å². The van der Waals surface area contributed by atoms with Gasteiger partial charge in [-0.3, -0.25) is 9.59 Å².